The van der Waals surface area contributed by atoms with Crippen LogP contribution in [-0.2, 0) is 0 Å². The minimum Gasteiger partial charge on any atom is -0.339 e. The van der Waals surface area contributed by atoms with Crippen LogP contribution in [0.1, 0.15) is 46.5 Å². The van der Waals surface area contributed by atoms with E-state index in [4.69, 9.17) is 0 Å². The molecule has 20 heavy (non-hydrogen) atoms. The monoisotopic (exact) mass is 273 g/mol. The molecule has 2 aliphatic rings. The maximum absolute atomic E-state index is 12.2. The first-order valence-electron chi connectivity index (χ1n) is 7.30. The van der Waals surface area contributed by atoms with Crippen molar-refractivity contribution in [2.75, 3.05) is 26.2 Å². The molecule has 0 unspecified atom stereocenters. The first-order valence-corrected chi connectivity index (χ1v) is 7.30. The fourth-order valence-electron chi connectivity index (χ4n) is 2.83. The summed E-state index contributed by atoms with van der Waals surface area (Å²) in [5.41, 5.74) is 1.01. The quantitative estimate of drug-likeness (QED) is 0.821. The van der Waals surface area contributed by atoms with Gasteiger partial charge in [0, 0.05) is 32.4 Å². The van der Waals surface area contributed by atoms with E-state index in [0.29, 0.717) is 11.3 Å². The molecule has 5 heteroatoms. The third-order valence-corrected chi connectivity index (χ3v) is 4.02. The van der Waals surface area contributed by atoms with Crippen LogP contribution < -0.4 is 0 Å². The summed E-state index contributed by atoms with van der Waals surface area (Å²) >= 11 is 0. The van der Waals surface area contributed by atoms with Gasteiger partial charge in [0.1, 0.15) is 5.69 Å². The van der Waals surface area contributed by atoms with Gasteiger partial charge in [-0.25, -0.2) is 0 Å². The molecule has 0 N–H and O–H groups in total. The summed E-state index contributed by atoms with van der Waals surface area (Å²) in [7, 11) is 0. The minimum atomic E-state index is -0.0253. The van der Waals surface area contributed by atoms with E-state index >= 15 is 0 Å². The lowest BCUT2D eigenvalue weighted by atomic mass is 10.2. The van der Waals surface area contributed by atoms with Gasteiger partial charge >= 0.3 is 0 Å². The normalized spacial score (nSPS) is 18.6. The molecule has 1 aromatic heterocycles. The predicted octanol–water partition coefficient (Wildman–Crippen LogP) is 1.55. The Labute approximate surface area is 118 Å². The van der Waals surface area contributed by atoms with Crippen molar-refractivity contribution in [1.29, 1.82) is 0 Å². The summed E-state index contributed by atoms with van der Waals surface area (Å²) in [6, 6.07) is 3.39. The summed E-state index contributed by atoms with van der Waals surface area (Å²) in [5, 5.41) is 0. The van der Waals surface area contributed by atoms with Crippen molar-refractivity contribution in [2.45, 2.75) is 25.7 Å². The zero-order chi connectivity index (χ0) is 13.9. The largest absolute Gasteiger partial charge is 0.339 e. The number of carbonyl (C=O) groups is 2. The fraction of sp³-hybridized carbons (Fsp3) is 0.533. The highest BCUT2D eigenvalue weighted by Crippen LogP contribution is 2.14. The third kappa shape index (κ3) is 2.53. The van der Waals surface area contributed by atoms with Gasteiger partial charge in [-0.05, 0) is 37.8 Å². The average molecular weight is 273 g/mol. The highest BCUT2D eigenvalue weighted by molar-refractivity contribution is 5.96. The lowest BCUT2D eigenvalue weighted by molar-refractivity contribution is 0.0776. The van der Waals surface area contributed by atoms with Crippen molar-refractivity contribution in [3.63, 3.8) is 0 Å². The fourth-order valence-corrected chi connectivity index (χ4v) is 2.83. The molecule has 0 aromatic carbocycles. The Bertz CT molecular complexity index is 453. The van der Waals surface area contributed by atoms with Gasteiger partial charge in [0.05, 0.1) is 5.56 Å². The summed E-state index contributed by atoms with van der Waals surface area (Å²) in [4.78, 5) is 32.2. The minimum absolute atomic E-state index is 0.0233. The van der Waals surface area contributed by atoms with Crippen LogP contribution in [0.2, 0.25) is 0 Å². The van der Waals surface area contributed by atoms with Gasteiger partial charge < -0.3 is 9.80 Å². The van der Waals surface area contributed by atoms with Gasteiger partial charge in [0.2, 0.25) is 0 Å². The number of amides is 2. The summed E-state index contributed by atoms with van der Waals surface area (Å²) in [6.45, 7) is 3.28. The molecule has 0 saturated carbocycles. The molecule has 0 aliphatic carbocycles. The van der Waals surface area contributed by atoms with Crippen LogP contribution in [0.4, 0.5) is 0 Å². The Balaban J connectivity index is 1.70. The summed E-state index contributed by atoms with van der Waals surface area (Å²) < 4.78 is 0. The van der Waals surface area contributed by atoms with Crippen molar-refractivity contribution in [3.05, 3.63) is 29.6 Å². The van der Waals surface area contributed by atoms with Gasteiger partial charge in [-0.2, -0.15) is 0 Å². The number of rotatable bonds is 2. The Hall–Kier alpha value is -1.91. The Morgan fingerprint density at radius 1 is 0.850 bits per heavy atom. The van der Waals surface area contributed by atoms with Gasteiger partial charge in [-0.1, -0.05) is 0 Å². The van der Waals surface area contributed by atoms with Crippen LogP contribution in [0.15, 0.2) is 18.3 Å². The SMILES string of the molecule is O=C(c1ccc(C(=O)N2CCCC2)nc1)N1CCCC1. The Morgan fingerprint density at radius 3 is 1.90 bits per heavy atom. The van der Waals surface area contributed by atoms with E-state index < -0.39 is 0 Å². The molecule has 3 heterocycles. The first-order chi connectivity index (χ1) is 9.75. The number of pyridine rings is 1. The topological polar surface area (TPSA) is 53.5 Å². The molecule has 106 valence electrons. The zero-order valence-corrected chi connectivity index (χ0v) is 11.5. The maximum Gasteiger partial charge on any atom is 0.272 e. The van der Waals surface area contributed by atoms with Crippen molar-refractivity contribution >= 4 is 11.8 Å². The second-order valence-corrected chi connectivity index (χ2v) is 5.43. The van der Waals surface area contributed by atoms with Crippen LogP contribution >= 0.6 is 0 Å². The van der Waals surface area contributed by atoms with E-state index in [1.165, 1.54) is 6.20 Å². The van der Waals surface area contributed by atoms with E-state index in [9.17, 15) is 9.59 Å². The second kappa shape index (κ2) is 5.61. The number of aromatic nitrogens is 1. The molecule has 2 amide bonds. The zero-order valence-electron chi connectivity index (χ0n) is 11.5. The number of nitrogens with zero attached hydrogens (tertiary/aromatic N) is 3. The van der Waals surface area contributed by atoms with E-state index in [0.717, 1.165) is 51.9 Å². The molecule has 0 spiro atoms. The molecular formula is C15H19N3O2. The van der Waals surface area contributed by atoms with E-state index in [2.05, 4.69) is 4.98 Å². The van der Waals surface area contributed by atoms with Gasteiger partial charge in [0.15, 0.2) is 0 Å². The molecular weight excluding hydrogens is 254 g/mol. The molecule has 0 radical (unpaired) electrons. The highest BCUT2D eigenvalue weighted by atomic mass is 16.2. The smallest absolute Gasteiger partial charge is 0.272 e. The number of likely N-dealkylation sites (tertiary alicyclic amines) is 2. The van der Waals surface area contributed by atoms with Crippen molar-refractivity contribution in [1.82, 2.24) is 14.8 Å². The molecule has 1 aromatic rings. The lowest BCUT2D eigenvalue weighted by Crippen LogP contribution is -2.29. The average Bonchev–Trinajstić information content (AvgIpc) is 3.18. The van der Waals surface area contributed by atoms with Gasteiger partial charge in [-0.15, -0.1) is 0 Å². The number of hydrogen-bond donors (Lipinski definition) is 0. The van der Waals surface area contributed by atoms with Gasteiger partial charge in [-0.3, -0.25) is 14.6 Å². The Morgan fingerprint density at radius 2 is 1.40 bits per heavy atom. The molecule has 2 saturated heterocycles. The molecule has 0 atom stereocenters. The van der Waals surface area contributed by atoms with E-state index in [-0.39, 0.29) is 11.8 Å². The van der Waals surface area contributed by atoms with Crippen molar-refractivity contribution in [2.24, 2.45) is 0 Å². The maximum atomic E-state index is 12.2. The van der Waals surface area contributed by atoms with E-state index in [1.807, 2.05) is 9.80 Å². The molecule has 2 aliphatic heterocycles. The predicted molar refractivity (Wildman–Crippen MR) is 74.5 cm³/mol. The molecule has 5 nitrogen and oxygen atoms in total. The second-order valence-electron chi connectivity index (χ2n) is 5.43. The van der Waals surface area contributed by atoms with Crippen LogP contribution in [0.25, 0.3) is 0 Å². The van der Waals surface area contributed by atoms with Gasteiger partial charge in [0.25, 0.3) is 11.8 Å². The van der Waals surface area contributed by atoms with Crippen molar-refractivity contribution < 1.29 is 9.59 Å². The van der Waals surface area contributed by atoms with Crippen LogP contribution in [0.5, 0.6) is 0 Å². The molecule has 0 bridgehead atoms. The van der Waals surface area contributed by atoms with Crippen LogP contribution in [0, 0.1) is 0 Å². The highest BCUT2D eigenvalue weighted by Gasteiger charge is 2.22. The number of carbonyl (C=O) groups excluding carboxylic acids is 2. The first kappa shape index (κ1) is 13.1. The summed E-state index contributed by atoms with van der Waals surface area (Å²) in [6.07, 6.45) is 5.81. The van der Waals surface area contributed by atoms with Crippen LogP contribution in [0.3, 0.4) is 0 Å². The number of hydrogen-bond acceptors (Lipinski definition) is 3. The molecule has 2 fully saturated rings. The van der Waals surface area contributed by atoms with Crippen molar-refractivity contribution in [3.8, 4) is 0 Å². The van der Waals surface area contributed by atoms with E-state index in [1.54, 1.807) is 12.1 Å². The standard InChI is InChI=1S/C15H19N3O2/c19-14(17-7-1-2-8-17)12-5-6-13(16-11-12)15(20)18-9-3-4-10-18/h5-6,11H,1-4,7-10H2. The summed E-state index contributed by atoms with van der Waals surface area (Å²) in [5.74, 6) is -0.00200. The lowest BCUT2D eigenvalue weighted by Gasteiger charge is -2.16. The molecule has 3 rings (SSSR count). The Kier molecular flexibility index (Phi) is 3.67. The third-order valence-electron chi connectivity index (χ3n) is 4.02. The van der Waals surface area contributed by atoms with Crippen LogP contribution in [-0.4, -0.2) is 52.8 Å².